The summed E-state index contributed by atoms with van der Waals surface area (Å²) < 4.78 is 1.75. The van der Waals surface area contributed by atoms with Gasteiger partial charge >= 0.3 is 0 Å². The Kier molecular flexibility index (Phi) is 6.31. The molecule has 0 N–H and O–H groups in total. The lowest BCUT2D eigenvalue weighted by Gasteiger charge is -2.26. The summed E-state index contributed by atoms with van der Waals surface area (Å²) >= 11 is 5.41. The molecule has 0 saturated heterocycles. The number of hydrogen-bond donors (Lipinski definition) is 0. The van der Waals surface area contributed by atoms with Crippen LogP contribution >= 0.6 is 11.6 Å². The fraction of sp³-hybridized carbons (Fsp3) is 0.529. The van der Waals surface area contributed by atoms with Gasteiger partial charge in [0, 0.05) is 37.0 Å². The van der Waals surface area contributed by atoms with Crippen LogP contribution in [0.2, 0.25) is 0 Å². The molecule has 0 aromatic carbocycles. The van der Waals surface area contributed by atoms with Crippen molar-refractivity contribution in [3.05, 3.63) is 29.1 Å². The highest BCUT2D eigenvalue weighted by molar-refractivity contribution is 6.25. The highest BCUT2D eigenvalue weighted by Crippen LogP contribution is 2.33. The predicted molar refractivity (Wildman–Crippen MR) is 92.1 cm³/mol. The molecule has 130 valence electrons. The van der Waals surface area contributed by atoms with Crippen LogP contribution in [0, 0.1) is 12.8 Å². The van der Waals surface area contributed by atoms with Crippen molar-refractivity contribution >= 4 is 28.9 Å². The van der Waals surface area contributed by atoms with Crippen LogP contribution in [-0.4, -0.2) is 33.7 Å². The Labute approximate surface area is 146 Å². The summed E-state index contributed by atoms with van der Waals surface area (Å²) in [5.41, 5.74) is 3.61. The molecular formula is C17H22ClN3O3. The Hall–Kier alpha value is -1.95. The Balaban J connectivity index is 2.14. The molecule has 1 aromatic rings. The second-order valence-electron chi connectivity index (χ2n) is 5.90. The molecule has 1 aliphatic rings. The molecule has 1 saturated carbocycles. The zero-order valence-electron chi connectivity index (χ0n) is 14.2. The second kappa shape index (κ2) is 8.24. The number of ketones is 2. The average molecular weight is 352 g/mol. The number of carbonyl (C=O) groups excluding carboxylic acids is 2. The quantitative estimate of drug-likeness (QED) is 0.342. The van der Waals surface area contributed by atoms with E-state index < -0.39 is 5.92 Å². The number of nitrogens with zero attached hydrogens (tertiary/aromatic N) is 3. The fourth-order valence-corrected chi connectivity index (χ4v) is 3.16. The zero-order chi connectivity index (χ0) is 17.7. The molecule has 0 aliphatic heterocycles. The normalized spacial score (nSPS) is 22.4. The van der Waals surface area contributed by atoms with E-state index in [1.54, 1.807) is 10.8 Å². The minimum absolute atomic E-state index is 0.104. The molecule has 2 rings (SSSR count). The van der Waals surface area contributed by atoms with Crippen LogP contribution < -0.4 is 0 Å². The van der Waals surface area contributed by atoms with E-state index in [9.17, 15) is 9.59 Å². The standard InChI is InChI=1S/C17H22ClN3O3/c1-4-13(20-24-7-5-6-18)17-15(22)9-12(10-16(17)23)14-8-11(2)19-21(14)3/h5-6,8,12,17H,4,7,9-10H2,1-3H3/b6-5+,20-13?. The van der Waals surface area contributed by atoms with Crippen LogP contribution in [0.5, 0.6) is 0 Å². The summed E-state index contributed by atoms with van der Waals surface area (Å²) in [6, 6.07) is 1.93. The SMILES string of the molecule is CCC(=NOC/C=C/Cl)C1C(=O)CC(c2cc(C)nn2C)CC1=O. The number of oxime groups is 1. The van der Waals surface area contributed by atoms with Crippen LogP contribution in [0.15, 0.2) is 22.8 Å². The summed E-state index contributed by atoms with van der Waals surface area (Å²) in [6.07, 6.45) is 2.71. The van der Waals surface area contributed by atoms with E-state index in [2.05, 4.69) is 10.3 Å². The largest absolute Gasteiger partial charge is 0.392 e. The van der Waals surface area contributed by atoms with Gasteiger partial charge in [-0.1, -0.05) is 23.7 Å². The highest BCUT2D eigenvalue weighted by Gasteiger charge is 2.39. The van der Waals surface area contributed by atoms with Crippen molar-refractivity contribution in [2.24, 2.45) is 18.1 Å². The van der Waals surface area contributed by atoms with Crippen LogP contribution in [0.3, 0.4) is 0 Å². The van der Waals surface area contributed by atoms with Crippen LogP contribution in [-0.2, 0) is 21.5 Å². The number of hydrogen-bond acceptors (Lipinski definition) is 5. The first-order valence-corrected chi connectivity index (χ1v) is 8.41. The number of halogens is 1. The third-order valence-corrected chi connectivity index (χ3v) is 4.31. The van der Waals surface area contributed by atoms with Gasteiger partial charge in [-0.05, 0) is 25.5 Å². The molecule has 1 aliphatic carbocycles. The lowest BCUT2D eigenvalue weighted by molar-refractivity contribution is -0.133. The maximum atomic E-state index is 12.6. The summed E-state index contributed by atoms with van der Waals surface area (Å²) in [5.74, 6) is -1.12. The molecule has 6 nitrogen and oxygen atoms in total. The van der Waals surface area contributed by atoms with Crippen molar-refractivity contribution in [3.8, 4) is 0 Å². The van der Waals surface area contributed by atoms with E-state index in [1.807, 2.05) is 27.0 Å². The van der Waals surface area contributed by atoms with E-state index in [1.165, 1.54) is 5.54 Å². The van der Waals surface area contributed by atoms with Crippen LogP contribution in [0.1, 0.15) is 43.5 Å². The van der Waals surface area contributed by atoms with E-state index >= 15 is 0 Å². The van der Waals surface area contributed by atoms with Gasteiger partial charge in [-0.2, -0.15) is 5.10 Å². The molecule has 0 amide bonds. The molecule has 0 bridgehead atoms. The third kappa shape index (κ3) is 4.12. The van der Waals surface area contributed by atoms with Gasteiger partial charge in [-0.15, -0.1) is 0 Å². The molecule has 1 aromatic heterocycles. The van der Waals surface area contributed by atoms with E-state index in [0.717, 1.165) is 11.4 Å². The highest BCUT2D eigenvalue weighted by atomic mass is 35.5. The molecule has 7 heteroatoms. The van der Waals surface area contributed by atoms with Gasteiger partial charge in [0.2, 0.25) is 0 Å². The monoisotopic (exact) mass is 351 g/mol. The molecule has 0 atom stereocenters. The summed E-state index contributed by atoms with van der Waals surface area (Å²) in [7, 11) is 1.83. The van der Waals surface area contributed by atoms with Gasteiger partial charge in [0.1, 0.15) is 24.1 Å². The van der Waals surface area contributed by atoms with Crippen molar-refractivity contribution in [1.82, 2.24) is 9.78 Å². The number of aromatic nitrogens is 2. The number of Topliss-reactive ketones (excluding diaryl/α,β-unsaturated/α-hetero) is 2. The van der Waals surface area contributed by atoms with Gasteiger partial charge < -0.3 is 4.84 Å². The number of rotatable bonds is 6. The minimum atomic E-state index is -0.791. The summed E-state index contributed by atoms with van der Waals surface area (Å²) in [6.45, 7) is 3.96. The van der Waals surface area contributed by atoms with Gasteiger partial charge in [0.15, 0.2) is 0 Å². The van der Waals surface area contributed by atoms with Crippen molar-refractivity contribution in [2.75, 3.05) is 6.61 Å². The van der Waals surface area contributed by atoms with Crippen molar-refractivity contribution in [3.63, 3.8) is 0 Å². The average Bonchev–Trinajstić information content (AvgIpc) is 2.87. The molecule has 0 spiro atoms. The number of aryl methyl sites for hydroxylation is 2. The van der Waals surface area contributed by atoms with Gasteiger partial charge in [-0.25, -0.2) is 0 Å². The lowest BCUT2D eigenvalue weighted by Crippen LogP contribution is -2.38. The fourth-order valence-electron chi connectivity index (χ4n) is 3.09. The van der Waals surface area contributed by atoms with Gasteiger partial charge in [0.25, 0.3) is 0 Å². The Morgan fingerprint density at radius 3 is 2.62 bits per heavy atom. The molecule has 0 unspecified atom stereocenters. The molecule has 24 heavy (non-hydrogen) atoms. The van der Waals surface area contributed by atoms with Crippen LogP contribution in [0.4, 0.5) is 0 Å². The van der Waals surface area contributed by atoms with Crippen LogP contribution in [0.25, 0.3) is 0 Å². The first-order valence-electron chi connectivity index (χ1n) is 7.97. The maximum absolute atomic E-state index is 12.6. The van der Waals surface area contributed by atoms with Gasteiger partial charge in [0.05, 0.1) is 11.4 Å². The first kappa shape index (κ1) is 18.4. The number of carbonyl (C=O) groups is 2. The van der Waals surface area contributed by atoms with E-state index in [4.69, 9.17) is 16.4 Å². The maximum Gasteiger partial charge on any atom is 0.149 e. The predicted octanol–water partition coefficient (Wildman–Crippen LogP) is 2.90. The minimum Gasteiger partial charge on any atom is -0.392 e. The zero-order valence-corrected chi connectivity index (χ0v) is 14.9. The van der Waals surface area contributed by atoms with Gasteiger partial charge in [-0.3, -0.25) is 14.3 Å². The second-order valence-corrected chi connectivity index (χ2v) is 6.15. The topological polar surface area (TPSA) is 73.5 Å². The smallest absolute Gasteiger partial charge is 0.149 e. The summed E-state index contributed by atoms with van der Waals surface area (Å²) in [5, 5.41) is 8.27. The van der Waals surface area contributed by atoms with Crippen molar-refractivity contribution < 1.29 is 14.4 Å². The van der Waals surface area contributed by atoms with Crippen molar-refractivity contribution in [1.29, 1.82) is 0 Å². The molecule has 1 heterocycles. The Bertz CT molecular complexity index is 661. The lowest BCUT2D eigenvalue weighted by atomic mass is 9.76. The van der Waals surface area contributed by atoms with Crippen molar-refractivity contribution in [2.45, 2.75) is 39.0 Å². The third-order valence-electron chi connectivity index (χ3n) is 4.13. The van der Waals surface area contributed by atoms with E-state index in [-0.39, 0.29) is 24.1 Å². The Morgan fingerprint density at radius 2 is 2.12 bits per heavy atom. The summed E-state index contributed by atoms with van der Waals surface area (Å²) in [4.78, 5) is 30.3. The van der Waals surface area contributed by atoms with E-state index in [0.29, 0.717) is 25.0 Å². The first-order chi connectivity index (χ1) is 11.5. The molecule has 1 fully saturated rings. The molecule has 0 radical (unpaired) electrons. The molecular weight excluding hydrogens is 330 g/mol. The Morgan fingerprint density at radius 1 is 1.46 bits per heavy atom.